The van der Waals surface area contributed by atoms with E-state index < -0.39 is 5.97 Å². The van der Waals surface area contributed by atoms with Gasteiger partial charge < -0.3 is 24.5 Å². The van der Waals surface area contributed by atoms with Crippen LogP contribution in [-0.2, 0) is 31.4 Å². The van der Waals surface area contributed by atoms with Gasteiger partial charge in [0, 0.05) is 42.1 Å². The van der Waals surface area contributed by atoms with Gasteiger partial charge in [-0.1, -0.05) is 44.2 Å². The number of fused-ring (bicyclic) bond motifs is 3. The highest BCUT2D eigenvalue weighted by Gasteiger charge is 2.27. The molecule has 0 bridgehead atoms. The molecule has 0 unspecified atom stereocenters. The van der Waals surface area contributed by atoms with E-state index in [2.05, 4.69) is 30.3 Å². The fourth-order valence-corrected chi connectivity index (χ4v) is 6.45. The summed E-state index contributed by atoms with van der Waals surface area (Å²) in [5.41, 5.74) is 6.54. The molecule has 6 rings (SSSR count). The summed E-state index contributed by atoms with van der Waals surface area (Å²) in [5.74, 6) is -0.465. The molecule has 0 saturated heterocycles. The first-order valence-electron chi connectivity index (χ1n) is 16.3. The molecule has 0 saturated carbocycles. The molecule has 0 fully saturated rings. The zero-order chi connectivity index (χ0) is 32.8. The third kappa shape index (κ3) is 6.81. The SMILES string of the molecule is CCNCC.Cc1cc2c(OCCCc3c(C(=O)O)n4c5c(cccc35)-c3c(C)nn(C)c3COCCCC4)cccc2cc1F. The van der Waals surface area contributed by atoms with Crippen molar-refractivity contribution < 1.29 is 23.8 Å². The maximum Gasteiger partial charge on any atom is 0.352 e. The minimum atomic E-state index is -0.927. The topological polar surface area (TPSA) is 90.5 Å². The van der Waals surface area contributed by atoms with Gasteiger partial charge in [0.15, 0.2) is 0 Å². The second-order valence-electron chi connectivity index (χ2n) is 11.8. The first-order valence-corrected chi connectivity index (χ1v) is 16.3. The number of carboxylic acid groups (broad SMARTS) is 1. The number of ether oxygens (including phenoxy) is 2. The average Bonchev–Trinajstić information content (AvgIpc) is 3.49. The van der Waals surface area contributed by atoms with Gasteiger partial charge in [0.25, 0.3) is 0 Å². The van der Waals surface area contributed by atoms with Crippen molar-refractivity contribution >= 4 is 27.6 Å². The number of nitrogens with zero attached hydrogens (tertiary/aromatic N) is 3. The van der Waals surface area contributed by atoms with Crippen LogP contribution < -0.4 is 10.1 Å². The third-order valence-electron chi connectivity index (χ3n) is 8.61. The average molecular weight is 629 g/mol. The van der Waals surface area contributed by atoms with Crippen LogP contribution in [0.5, 0.6) is 5.75 Å². The highest BCUT2D eigenvalue weighted by atomic mass is 19.1. The Balaban J connectivity index is 0.000000775. The normalized spacial score (nSPS) is 13.2. The number of aromatic carboxylic acids is 1. The maximum absolute atomic E-state index is 14.1. The molecule has 3 heterocycles. The van der Waals surface area contributed by atoms with Crippen molar-refractivity contribution in [2.75, 3.05) is 26.3 Å². The highest BCUT2D eigenvalue weighted by molar-refractivity contribution is 6.04. The number of hydrogen-bond acceptors (Lipinski definition) is 5. The van der Waals surface area contributed by atoms with Crippen LogP contribution in [0.15, 0.2) is 48.5 Å². The number of carboxylic acids is 1. The van der Waals surface area contributed by atoms with Crippen molar-refractivity contribution in [1.82, 2.24) is 19.7 Å². The molecule has 0 atom stereocenters. The monoisotopic (exact) mass is 628 g/mol. The lowest BCUT2D eigenvalue weighted by atomic mass is 9.98. The largest absolute Gasteiger partial charge is 0.493 e. The number of aryl methyl sites for hydroxylation is 5. The molecule has 0 amide bonds. The highest BCUT2D eigenvalue weighted by Crippen LogP contribution is 2.39. The predicted octanol–water partition coefficient (Wildman–Crippen LogP) is 7.59. The summed E-state index contributed by atoms with van der Waals surface area (Å²) >= 11 is 0. The summed E-state index contributed by atoms with van der Waals surface area (Å²) in [7, 11) is 1.93. The quantitative estimate of drug-likeness (QED) is 0.172. The minimum Gasteiger partial charge on any atom is -0.493 e. The van der Waals surface area contributed by atoms with Gasteiger partial charge in [0.05, 0.1) is 30.1 Å². The van der Waals surface area contributed by atoms with Gasteiger partial charge in [0.2, 0.25) is 0 Å². The van der Waals surface area contributed by atoms with Gasteiger partial charge in [0.1, 0.15) is 17.3 Å². The molecule has 3 aromatic carbocycles. The summed E-state index contributed by atoms with van der Waals surface area (Å²) in [6.07, 6.45) is 2.83. The lowest BCUT2D eigenvalue weighted by molar-refractivity contribution is 0.0683. The first kappa shape index (κ1) is 33.2. The number of carbonyl (C=O) groups is 1. The van der Waals surface area contributed by atoms with Crippen molar-refractivity contribution in [3.05, 3.63) is 82.6 Å². The Bertz CT molecular complexity index is 1840. The molecule has 0 aliphatic carbocycles. The van der Waals surface area contributed by atoms with Crippen LogP contribution in [0.3, 0.4) is 0 Å². The first-order chi connectivity index (χ1) is 22.3. The molecule has 1 aliphatic rings. The zero-order valence-corrected chi connectivity index (χ0v) is 27.6. The standard InChI is InChI=1S/C33H34FN3O4.C4H11N/c1-20-17-26-22(18-27(20)34)9-6-13-29(26)41-16-8-12-24-23-10-7-11-25-30-21(2)35-36(3)28(30)19-40-15-5-4-14-37(31(23)25)32(24)33(38)39;1-3-5-4-2/h6-7,9-11,13,17-18H,4-5,8,12,14-16,19H2,1-3H3,(H,38,39);5H,3-4H2,1-2H3. The van der Waals surface area contributed by atoms with Crippen LogP contribution in [0.4, 0.5) is 4.39 Å². The number of para-hydroxylation sites is 1. The fraction of sp³-hybridized carbons (Fsp3) is 0.405. The maximum atomic E-state index is 14.1. The van der Waals surface area contributed by atoms with E-state index in [9.17, 15) is 14.3 Å². The Morgan fingerprint density at radius 1 is 1.09 bits per heavy atom. The van der Waals surface area contributed by atoms with Crippen LogP contribution >= 0.6 is 0 Å². The molecule has 1 aliphatic heterocycles. The van der Waals surface area contributed by atoms with Gasteiger partial charge in [-0.15, -0.1) is 0 Å². The van der Waals surface area contributed by atoms with Crippen LogP contribution in [-0.4, -0.2) is 51.7 Å². The summed E-state index contributed by atoms with van der Waals surface area (Å²) in [6, 6.07) is 15.1. The van der Waals surface area contributed by atoms with Crippen LogP contribution in [0, 0.1) is 19.7 Å². The van der Waals surface area contributed by atoms with Crippen molar-refractivity contribution in [2.24, 2.45) is 7.05 Å². The lowest BCUT2D eigenvalue weighted by Gasteiger charge is -2.12. The predicted molar refractivity (Wildman–Crippen MR) is 181 cm³/mol. The van der Waals surface area contributed by atoms with E-state index >= 15 is 0 Å². The number of aromatic nitrogens is 3. The summed E-state index contributed by atoms with van der Waals surface area (Å²) in [5, 5.41) is 20.9. The van der Waals surface area contributed by atoms with E-state index in [0.717, 1.165) is 75.7 Å². The molecule has 0 radical (unpaired) electrons. The number of benzene rings is 3. The molecule has 244 valence electrons. The van der Waals surface area contributed by atoms with Gasteiger partial charge in [-0.3, -0.25) is 4.68 Å². The van der Waals surface area contributed by atoms with Gasteiger partial charge in [-0.2, -0.15) is 5.10 Å². The van der Waals surface area contributed by atoms with E-state index in [1.807, 2.05) is 59.6 Å². The molecule has 9 heteroatoms. The van der Waals surface area contributed by atoms with Crippen LogP contribution in [0.2, 0.25) is 0 Å². The summed E-state index contributed by atoms with van der Waals surface area (Å²) in [4.78, 5) is 12.8. The molecular weight excluding hydrogens is 583 g/mol. The number of nitrogens with one attached hydrogen (secondary N) is 1. The van der Waals surface area contributed by atoms with Gasteiger partial charge in [-0.05, 0) is 87.3 Å². The van der Waals surface area contributed by atoms with Crippen LogP contribution in [0.25, 0.3) is 32.8 Å². The molecule has 8 nitrogen and oxygen atoms in total. The molecule has 2 aromatic heterocycles. The Morgan fingerprint density at radius 2 is 1.87 bits per heavy atom. The molecule has 2 N–H and O–H groups in total. The van der Waals surface area contributed by atoms with E-state index in [1.54, 1.807) is 6.92 Å². The Hall–Kier alpha value is -4.21. The molecule has 0 spiro atoms. The Kier molecular flexibility index (Phi) is 10.8. The lowest BCUT2D eigenvalue weighted by Crippen LogP contribution is -2.12. The minimum absolute atomic E-state index is 0.237. The molecule has 46 heavy (non-hydrogen) atoms. The van der Waals surface area contributed by atoms with E-state index in [4.69, 9.17) is 9.47 Å². The number of hydrogen-bond donors (Lipinski definition) is 2. The smallest absolute Gasteiger partial charge is 0.352 e. The van der Waals surface area contributed by atoms with Crippen LogP contribution in [0.1, 0.15) is 66.1 Å². The number of rotatable bonds is 8. The van der Waals surface area contributed by atoms with Crippen molar-refractivity contribution in [3.63, 3.8) is 0 Å². The van der Waals surface area contributed by atoms with Crippen molar-refractivity contribution in [2.45, 2.75) is 66.5 Å². The third-order valence-corrected chi connectivity index (χ3v) is 8.61. The van der Waals surface area contributed by atoms with Crippen molar-refractivity contribution in [3.8, 4) is 16.9 Å². The summed E-state index contributed by atoms with van der Waals surface area (Å²) in [6.45, 7) is 12.2. The Morgan fingerprint density at radius 3 is 2.61 bits per heavy atom. The second-order valence-corrected chi connectivity index (χ2v) is 11.8. The van der Waals surface area contributed by atoms with Gasteiger partial charge >= 0.3 is 5.97 Å². The Labute approximate surface area is 270 Å². The molecular formula is C37H45FN4O4. The second kappa shape index (κ2) is 14.9. The zero-order valence-electron chi connectivity index (χ0n) is 27.6. The number of halogens is 1. The van der Waals surface area contributed by atoms with Crippen molar-refractivity contribution in [1.29, 1.82) is 0 Å². The van der Waals surface area contributed by atoms with E-state index in [-0.39, 0.29) is 5.82 Å². The fourth-order valence-electron chi connectivity index (χ4n) is 6.45. The summed E-state index contributed by atoms with van der Waals surface area (Å²) < 4.78 is 30.1. The molecule has 5 aromatic rings. The van der Waals surface area contributed by atoms with E-state index in [0.29, 0.717) is 56.2 Å². The van der Waals surface area contributed by atoms with E-state index in [1.165, 1.54) is 6.07 Å². The van der Waals surface area contributed by atoms with Gasteiger partial charge in [-0.25, -0.2) is 9.18 Å².